The summed E-state index contributed by atoms with van der Waals surface area (Å²) < 4.78 is 13.8. The highest BCUT2D eigenvalue weighted by molar-refractivity contribution is 9.10. The Balaban J connectivity index is 2.73. The monoisotopic (exact) mass is 303 g/mol. The van der Waals surface area contributed by atoms with Crippen LogP contribution in [-0.4, -0.2) is 17.6 Å². The van der Waals surface area contributed by atoms with E-state index >= 15 is 0 Å². The Kier molecular flexibility index (Phi) is 4.74. The van der Waals surface area contributed by atoms with Gasteiger partial charge in [0, 0.05) is 18.2 Å². The van der Waals surface area contributed by atoms with Crippen LogP contribution in [0.1, 0.15) is 12.5 Å². The quantitative estimate of drug-likeness (QED) is 0.347. The molecular weight excluding hydrogens is 289 g/mol. The summed E-state index contributed by atoms with van der Waals surface area (Å²) in [6, 6.07) is 3.12. The number of nitrogens with zero attached hydrogens (tertiary/aromatic N) is 1. The zero-order valence-electron chi connectivity index (χ0n) is 9.67. The van der Waals surface area contributed by atoms with Gasteiger partial charge in [0.15, 0.2) is 0 Å². The van der Waals surface area contributed by atoms with Gasteiger partial charge in [-0.25, -0.2) is 4.39 Å². The molecule has 4 N–H and O–H groups in total. The minimum absolute atomic E-state index is 0.133. The van der Waals surface area contributed by atoms with Gasteiger partial charge >= 0.3 is 0 Å². The number of nitrogens with two attached hydrogens (primary N) is 1. The van der Waals surface area contributed by atoms with Crippen molar-refractivity contribution in [3.8, 4) is 0 Å². The molecule has 17 heavy (non-hydrogen) atoms. The van der Waals surface area contributed by atoms with Crippen LogP contribution in [0.2, 0.25) is 0 Å². The molecule has 1 atom stereocenters. The summed E-state index contributed by atoms with van der Waals surface area (Å²) in [7, 11) is 0. The minimum atomic E-state index is -0.324. The summed E-state index contributed by atoms with van der Waals surface area (Å²) in [6.07, 6.45) is 0. The van der Waals surface area contributed by atoms with Gasteiger partial charge in [0.2, 0.25) is 0 Å². The van der Waals surface area contributed by atoms with Crippen molar-refractivity contribution in [1.29, 1.82) is 0 Å². The summed E-state index contributed by atoms with van der Waals surface area (Å²) in [5, 5.41) is 14.5. The van der Waals surface area contributed by atoms with Gasteiger partial charge in [-0.3, -0.25) is 0 Å². The highest BCUT2D eigenvalue weighted by Gasteiger charge is 2.09. The van der Waals surface area contributed by atoms with Crippen LogP contribution in [-0.2, 0) is 0 Å². The number of hydrogen-bond acceptors (Lipinski definition) is 3. The maximum atomic E-state index is 13.3. The molecule has 1 aromatic carbocycles. The van der Waals surface area contributed by atoms with Crippen molar-refractivity contribution >= 4 is 27.5 Å². The number of aryl methyl sites for hydroxylation is 1. The van der Waals surface area contributed by atoms with Gasteiger partial charge in [0.1, 0.15) is 11.7 Å². The molecule has 0 aliphatic rings. The van der Waals surface area contributed by atoms with Crippen LogP contribution < -0.4 is 11.1 Å². The third-order valence-corrected chi connectivity index (χ3v) is 3.09. The van der Waals surface area contributed by atoms with Gasteiger partial charge in [-0.15, -0.1) is 0 Å². The number of hydrogen-bond donors (Lipinski definition) is 3. The van der Waals surface area contributed by atoms with E-state index in [0.29, 0.717) is 16.7 Å². The average molecular weight is 304 g/mol. The SMILES string of the molecule is Cc1cc(Br)c(F)cc1NCC(C)/C(N)=N/O. The first-order valence-corrected chi connectivity index (χ1v) is 5.92. The molecule has 1 aromatic rings. The number of rotatable bonds is 4. The molecule has 0 spiro atoms. The molecule has 0 radical (unpaired) electrons. The fraction of sp³-hybridized carbons (Fsp3) is 0.364. The lowest BCUT2D eigenvalue weighted by molar-refractivity contribution is 0.315. The Morgan fingerprint density at radius 2 is 2.29 bits per heavy atom. The normalized spacial score (nSPS) is 13.5. The molecule has 0 amide bonds. The van der Waals surface area contributed by atoms with Crippen LogP contribution in [0.4, 0.5) is 10.1 Å². The zero-order valence-corrected chi connectivity index (χ0v) is 11.3. The van der Waals surface area contributed by atoms with Crippen molar-refractivity contribution < 1.29 is 9.60 Å². The van der Waals surface area contributed by atoms with Crippen LogP contribution in [0.5, 0.6) is 0 Å². The molecule has 0 aliphatic carbocycles. The van der Waals surface area contributed by atoms with Gasteiger partial charge in [0.05, 0.1) is 4.47 Å². The van der Waals surface area contributed by atoms with Crippen LogP contribution >= 0.6 is 15.9 Å². The second kappa shape index (κ2) is 5.86. The molecular formula is C11H15BrFN3O. The Hall–Kier alpha value is -1.30. The van der Waals surface area contributed by atoms with Crippen molar-refractivity contribution in [2.45, 2.75) is 13.8 Å². The topological polar surface area (TPSA) is 70.6 Å². The lowest BCUT2D eigenvalue weighted by Crippen LogP contribution is -2.27. The van der Waals surface area contributed by atoms with Crippen molar-refractivity contribution in [3.63, 3.8) is 0 Å². The summed E-state index contributed by atoms with van der Waals surface area (Å²) in [6.45, 7) is 4.16. The molecule has 0 bridgehead atoms. The molecule has 1 rings (SSSR count). The van der Waals surface area contributed by atoms with E-state index < -0.39 is 0 Å². The van der Waals surface area contributed by atoms with Crippen molar-refractivity contribution in [3.05, 3.63) is 28.0 Å². The highest BCUT2D eigenvalue weighted by Crippen LogP contribution is 2.24. The third kappa shape index (κ3) is 3.59. The van der Waals surface area contributed by atoms with E-state index in [1.165, 1.54) is 6.07 Å². The van der Waals surface area contributed by atoms with Crippen molar-refractivity contribution in [1.82, 2.24) is 0 Å². The first kappa shape index (κ1) is 13.8. The van der Waals surface area contributed by atoms with Gasteiger partial charge < -0.3 is 16.3 Å². The Bertz CT molecular complexity index is 437. The Morgan fingerprint density at radius 1 is 1.65 bits per heavy atom. The molecule has 0 saturated carbocycles. The number of amidine groups is 1. The first-order valence-electron chi connectivity index (χ1n) is 5.12. The van der Waals surface area contributed by atoms with Gasteiger partial charge in [0.25, 0.3) is 0 Å². The van der Waals surface area contributed by atoms with Crippen LogP contribution in [0, 0.1) is 18.7 Å². The zero-order chi connectivity index (χ0) is 13.0. The van der Waals surface area contributed by atoms with Crippen LogP contribution in [0.15, 0.2) is 21.8 Å². The fourth-order valence-electron chi connectivity index (χ4n) is 1.30. The number of anilines is 1. The maximum absolute atomic E-state index is 13.3. The summed E-state index contributed by atoms with van der Waals surface area (Å²) in [4.78, 5) is 0. The Morgan fingerprint density at radius 3 is 2.88 bits per heavy atom. The largest absolute Gasteiger partial charge is 0.409 e. The predicted octanol–water partition coefficient (Wildman–Crippen LogP) is 2.69. The average Bonchev–Trinajstić information content (AvgIpc) is 2.30. The highest BCUT2D eigenvalue weighted by atomic mass is 79.9. The molecule has 0 fully saturated rings. The van der Waals surface area contributed by atoms with E-state index in [-0.39, 0.29) is 17.6 Å². The predicted molar refractivity (Wildman–Crippen MR) is 69.9 cm³/mol. The molecule has 94 valence electrons. The first-order chi connectivity index (χ1) is 7.95. The number of nitrogens with one attached hydrogen (secondary N) is 1. The summed E-state index contributed by atoms with van der Waals surface area (Å²) >= 11 is 3.12. The van der Waals surface area contributed by atoms with E-state index in [2.05, 4.69) is 26.4 Å². The minimum Gasteiger partial charge on any atom is -0.409 e. The number of oxime groups is 1. The molecule has 0 aromatic heterocycles. The molecule has 6 heteroatoms. The molecule has 0 saturated heterocycles. The van der Waals surface area contributed by atoms with Crippen LogP contribution in [0.25, 0.3) is 0 Å². The third-order valence-electron chi connectivity index (χ3n) is 2.49. The Labute approximate surface area is 108 Å². The summed E-state index contributed by atoms with van der Waals surface area (Å²) in [5.74, 6) is -0.312. The second-order valence-corrected chi connectivity index (χ2v) is 4.74. The second-order valence-electron chi connectivity index (χ2n) is 3.89. The van der Waals surface area contributed by atoms with E-state index in [4.69, 9.17) is 10.9 Å². The summed E-state index contributed by atoms with van der Waals surface area (Å²) in [5.41, 5.74) is 7.07. The number of halogens is 2. The van der Waals surface area contributed by atoms with E-state index in [0.717, 1.165) is 5.56 Å². The lowest BCUT2D eigenvalue weighted by atomic mass is 10.1. The van der Waals surface area contributed by atoms with Gasteiger partial charge in [-0.1, -0.05) is 12.1 Å². The van der Waals surface area contributed by atoms with E-state index in [9.17, 15) is 4.39 Å². The molecule has 0 aliphatic heterocycles. The fourth-order valence-corrected chi connectivity index (χ4v) is 1.76. The smallest absolute Gasteiger partial charge is 0.143 e. The lowest BCUT2D eigenvalue weighted by Gasteiger charge is -2.14. The van der Waals surface area contributed by atoms with Crippen molar-refractivity contribution in [2.75, 3.05) is 11.9 Å². The van der Waals surface area contributed by atoms with Crippen molar-refractivity contribution in [2.24, 2.45) is 16.8 Å². The maximum Gasteiger partial charge on any atom is 0.143 e. The molecule has 4 nitrogen and oxygen atoms in total. The van der Waals surface area contributed by atoms with Gasteiger partial charge in [-0.2, -0.15) is 0 Å². The number of benzene rings is 1. The van der Waals surface area contributed by atoms with Crippen LogP contribution in [0.3, 0.4) is 0 Å². The molecule has 1 unspecified atom stereocenters. The van der Waals surface area contributed by atoms with E-state index in [1.54, 1.807) is 6.07 Å². The molecule has 0 heterocycles. The van der Waals surface area contributed by atoms with Gasteiger partial charge in [-0.05, 0) is 40.5 Å². The van der Waals surface area contributed by atoms with E-state index in [1.807, 2.05) is 13.8 Å². The standard InChI is InChI=1S/C11H15BrFN3O/c1-6-3-8(12)9(13)4-10(6)15-5-7(2)11(14)16-17/h3-4,7,15,17H,5H2,1-2H3,(H2,14,16).